The number of carbonyl (C=O) groups excluding carboxylic acids is 2. The minimum absolute atomic E-state index is 0. The number of rotatable bonds is 7. The first-order valence-corrected chi connectivity index (χ1v) is 11.5. The maximum atomic E-state index is 12.0. The van der Waals surface area contributed by atoms with Crippen molar-refractivity contribution in [3.63, 3.8) is 0 Å². The molecule has 0 saturated carbocycles. The Morgan fingerprint density at radius 1 is 0.579 bits per heavy atom. The molecule has 0 radical (unpaired) electrons. The van der Waals surface area contributed by atoms with Gasteiger partial charge in [0.05, 0.1) is 0 Å². The summed E-state index contributed by atoms with van der Waals surface area (Å²) < 4.78 is 0. The van der Waals surface area contributed by atoms with Gasteiger partial charge < -0.3 is 16.6 Å². The van der Waals surface area contributed by atoms with E-state index in [2.05, 4.69) is 6.58 Å². The lowest BCUT2D eigenvalue weighted by Gasteiger charge is -2.02. The van der Waals surface area contributed by atoms with Crippen molar-refractivity contribution in [3.05, 3.63) is 155 Å². The molecular weight excluding hydrogens is 500 g/mol. The standard InChI is InChI=1S/2C14H13NO.C3H4O2.ClH/c2*15-10-11-6-8-13(9-7-11)14(16)12-4-2-1-3-5-12;1-2-3(4)5;/h2*1-9H,10,15H2;2H,1H2,(H,4,5);1H. The van der Waals surface area contributed by atoms with Gasteiger partial charge in [-0.3, -0.25) is 9.59 Å². The predicted octanol–water partition coefficient (Wildman–Crippen LogP) is 5.43. The Balaban J connectivity index is 0.000000317. The minimum Gasteiger partial charge on any atom is -0.478 e. The Kier molecular flexibility index (Phi) is 14.3. The van der Waals surface area contributed by atoms with Crippen LogP contribution in [-0.4, -0.2) is 22.6 Å². The van der Waals surface area contributed by atoms with Crippen LogP contribution in [0.4, 0.5) is 0 Å². The zero-order valence-electron chi connectivity index (χ0n) is 20.8. The van der Waals surface area contributed by atoms with Gasteiger partial charge in [-0.05, 0) is 11.1 Å². The van der Waals surface area contributed by atoms with E-state index in [-0.39, 0.29) is 24.0 Å². The van der Waals surface area contributed by atoms with Crippen molar-refractivity contribution in [2.24, 2.45) is 11.5 Å². The topological polar surface area (TPSA) is 123 Å². The molecule has 0 atom stereocenters. The van der Waals surface area contributed by atoms with Crippen LogP contribution >= 0.6 is 12.4 Å². The van der Waals surface area contributed by atoms with Crippen LogP contribution in [0.2, 0.25) is 0 Å². The SMILES string of the molecule is C=CC(=O)O.Cl.NCc1ccc(C(=O)c2ccccc2)cc1.NCc1ccc(C(=O)c2ccccc2)cc1. The molecule has 0 aliphatic carbocycles. The molecule has 196 valence electrons. The fourth-order valence-corrected chi connectivity index (χ4v) is 3.10. The van der Waals surface area contributed by atoms with Crippen LogP contribution in [0.15, 0.2) is 122 Å². The number of aliphatic carboxylic acids is 1. The van der Waals surface area contributed by atoms with Gasteiger partial charge in [0.25, 0.3) is 0 Å². The lowest BCUT2D eigenvalue weighted by Crippen LogP contribution is -2.02. The highest BCUT2D eigenvalue weighted by Gasteiger charge is 2.08. The third-order valence-corrected chi connectivity index (χ3v) is 5.15. The molecule has 0 aliphatic rings. The second kappa shape index (κ2) is 17.2. The highest BCUT2D eigenvalue weighted by Crippen LogP contribution is 2.12. The van der Waals surface area contributed by atoms with Gasteiger partial charge in [-0.25, -0.2) is 4.79 Å². The molecule has 4 rings (SSSR count). The molecule has 7 heteroatoms. The van der Waals surface area contributed by atoms with Crippen LogP contribution in [0, 0.1) is 0 Å². The van der Waals surface area contributed by atoms with Crippen molar-refractivity contribution in [2.45, 2.75) is 13.1 Å². The van der Waals surface area contributed by atoms with Crippen molar-refractivity contribution in [3.8, 4) is 0 Å². The summed E-state index contributed by atoms with van der Waals surface area (Å²) >= 11 is 0. The van der Waals surface area contributed by atoms with Crippen LogP contribution in [0.5, 0.6) is 0 Å². The number of carbonyl (C=O) groups is 3. The van der Waals surface area contributed by atoms with E-state index in [1.807, 2.05) is 109 Å². The average molecular weight is 531 g/mol. The first-order valence-electron chi connectivity index (χ1n) is 11.5. The zero-order chi connectivity index (χ0) is 27.0. The number of halogens is 1. The minimum atomic E-state index is -0.981. The summed E-state index contributed by atoms with van der Waals surface area (Å²) in [6.07, 6.45) is 0.833. The van der Waals surface area contributed by atoms with Crippen LogP contribution < -0.4 is 11.5 Å². The Labute approximate surface area is 229 Å². The van der Waals surface area contributed by atoms with Gasteiger partial charge in [0.2, 0.25) is 0 Å². The van der Waals surface area contributed by atoms with Gasteiger partial charge in [0.1, 0.15) is 0 Å². The maximum absolute atomic E-state index is 12.0. The van der Waals surface area contributed by atoms with E-state index in [4.69, 9.17) is 16.6 Å². The molecule has 6 nitrogen and oxygen atoms in total. The number of benzene rings is 4. The highest BCUT2D eigenvalue weighted by molar-refractivity contribution is 6.09. The van der Waals surface area contributed by atoms with Gasteiger partial charge in [0.15, 0.2) is 11.6 Å². The number of nitrogens with two attached hydrogens (primary N) is 2. The maximum Gasteiger partial charge on any atom is 0.327 e. The van der Waals surface area contributed by atoms with Gasteiger partial charge >= 0.3 is 5.97 Å². The summed E-state index contributed by atoms with van der Waals surface area (Å²) in [7, 11) is 0. The van der Waals surface area contributed by atoms with E-state index in [0.717, 1.165) is 17.2 Å². The lowest BCUT2D eigenvalue weighted by molar-refractivity contribution is -0.131. The average Bonchev–Trinajstić information content (AvgIpc) is 2.98. The predicted molar refractivity (Wildman–Crippen MR) is 153 cm³/mol. The third kappa shape index (κ3) is 10.3. The molecule has 0 aromatic heterocycles. The molecule has 0 saturated heterocycles. The molecule has 38 heavy (non-hydrogen) atoms. The Bertz CT molecular complexity index is 1200. The van der Waals surface area contributed by atoms with Crippen molar-refractivity contribution in [1.82, 2.24) is 0 Å². The molecule has 0 heterocycles. The van der Waals surface area contributed by atoms with Crippen LogP contribution in [0.3, 0.4) is 0 Å². The Hall–Kier alpha value is -4.36. The summed E-state index contributed by atoms with van der Waals surface area (Å²) in [5.41, 5.74) is 15.9. The van der Waals surface area contributed by atoms with Gasteiger partial charge in [-0.15, -0.1) is 12.4 Å². The molecule has 5 N–H and O–H groups in total. The first kappa shape index (κ1) is 31.7. The van der Waals surface area contributed by atoms with Gasteiger partial charge in [-0.2, -0.15) is 0 Å². The fourth-order valence-electron chi connectivity index (χ4n) is 3.10. The molecule has 0 bridgehead atoms. The number of hydrogen-bond donors (Lipinski definition) is 3. The van der Waals surface area contributed by atoms with E-state index < -0.39 is 5.97 Å². The van der Waals surface area contributed by atoms with Crippen molar-refractivity contribution in [1.29, 1.82) is 0 Å². The summed E-state index contributed by atoms with van der Waals surface area (Å²) in [6, 6.07) is 33.3. The van der Waals surface area contributed by atoms with E-state index in [0.29, 0.717) is 35.3 Å². The zero-order valence-corrected chi connectivity index (χ0v) is 21.6. The van der Waals surface area contributed by atoms with Crippen molar-refractivity contribution < 1.29 is 19.5 Å². The smallest absolute Gasteiger partial charge is 0.327 e. The number of carboxylic acid groups (broad SMARTS) is 1. The Morgan fingerprint density at radius 3 is 1.08 bits per heavy atom. The highest BCUT2D eigenvalue weighted by atomic mass is 35.5. The van der Waals surface area contributed by atoms with E-state index >= 15 is 0 Å². The number of carboxylic acids is 1. The lowest BCUT2D eigenvalue weighted by atomic mass is 10.0. The monoisotopic (exact) mass is 530 g/mol. The Morgan fingerprint density at radius 2 is 0.842 bits per heavy atom. The molecule has 0 aliphatic heterocycles. The molecular formula is C31H31ClN2O4. The normalized spacial score (nSPS) is 9.32. The first-order chi connectivity index (χ1) is 17.9. The molecule has 4 aromatic rings. The largest absolute Gasteiger partial charge is 0.478 e. The second-order valence-electron chi connectivity index (χ2n) is 7.73. The molecule has 4 aromatic carbocycles. The van der Waals surface area contributed by atoms with Crippen molar-refractivity contribution >= 4 is 29.9 Å². The fraction of sp³-hybridized carbons (Fsp3) is 0.0645. The quantitative estimate of drug-likeness (QED) is 0.216. The van der Waals surface area contributed by atoms with Crippen LogP contribution in [-0.2, 0) is 17.9 Å². The van der Waals surface area contributed by atoms with E-state index in [9.17, 15) is 14.4 Å². The van der Waals surface area contributed by atoms with Crippen LogP contribution in [0.1, 0.15) is 43.0 Å². The molecule has 0 amide bonds. The van der Waals surface area contributed by atoms with E-state index in [1.54, 1.807) is 0 Å². The number of hydrogen-bond acceptors (Lipinski definition) is 5. The third-order valence-electron chi connectivity index (χ3n) is 5.15. The molecule has 0 unspecified atom stereocenters. The summed E-state index contributed by atoms with van der Waals surface area (Å²) in [5.74, 6) is -0.890. The van der Waals surface area contributed by atoms with Crippen molar-refractivity contribution in [2.75, 3.05) is 0 Å². The van der Waals surface area contributed by atoms with Gasteiger partial charge in [0, 0.05) is 41.4 Å². The summed E-state index contributed by atoms with van der Waals surface area (Å²) in [4.78, 5) is 33.3. The van der Waals surface area contributed by atoms with Crippen LogP contribution in [0.25, 0.3) is 0 Å². The molecule has 0 fully saturated rings. The second-order valence-corrected chi connectivity index (χ2v) is 7.73. The van der Waals surface area contributed by atoms with Gasteiger partial charge in [-0.1, -0.05) is 116 Å². The summed E-state index contributed by atoms with van der Waals surface area (Å²) in [5, 5.41) is 7.60. The number of ketones is 2. The van der Waals surface area contributed by atoms with E-state index in [1.165, 1.54) is 0 Å². The molecule has 0 spiro atoms. The summed E-state index contributed by atoms with van der Waals surface area (Å²) in [6.45, 7) is 3.96.